The molecule has 0 amide bonds. The number of nitrogens with zero attached hydrogens (tertiary/aromatic N) is 3. The van der Waals surface area contributed by atoms with Crippen LogP contribution in [0.1, 0.15) is 24.7 Å². The third-order valence-electron chi connectivity index (χ3n) is 5.97. The maximum atomic E-state index is 6.82. The Hall–Kier alpha value is -3.47. The van der Waals surface area contributed by atoms with Gasteiger partial charge in [0.25, 0.3) is 0 Å². The first-order valence-corrected chi connectivity index (χ1v) is 11.7. The zero-order valence-electron chi connectivity index (χ0n) is 18.3. The predicted octanol–water partition coefficient (Wildman–Crippen LogP) is 8.06. The maximum Gasteiger partial charge on any atom is 0.164 e. The molecular formula is C28H19Cl2N3O. The summed E-state index contributed by atoms with van der Waals surface area (Å²) in [5.74, 6) is 2.49. The quantitative estimate of drug-likeness (QED) is 0.243. The largest absolute Gasteiger partial charge is 0.459 e. The summed E-state index contributed by atoms with van der Waals surface area (Å²) < 4.78 is 6.24. The van der Waals surface area contributed by atoms with Crippen LogP contribution >= 0.6 is 23.2 Å². The summed E-state index contributed by atoms with van der Waals surface area (Å²) in [4.78, 5) is 13.8. The van der Waals surface area contributed by atoms with E-state index in [1.54, 1.807) is 0 Å². The highest BCUT2D eigenvalue weighted by atomic mass is 35.5. The molecule has 1 atom stereocenters. The number of benzene rings is 3. The van der Waals surface area contributed by atoms with Gasteiger partial charge in [-0.05, 0) is 19.1 Å². The van der Waals surface area contributed by atoms with Crippen LogP contribution in [0.3, 0.4) is 0 Å². The smallest absolute Gasteiger partial charge is 0.164 e. The zero-order chi connectivity index (χ0) is 23.3. The highest BCUT2D eigenvalue weighted by Gasteiger charge is 2.36. The molecule has 0 aliphatic heterocycles. The van der Waals surface area contributed by atoms with Crippen LogP contribution in [0.2, 0.25) is 0 Å². The number of halogens is 2. The van der Waals surface area contributed by atoms with Crippen molar-refractivity contribution in [3.05, 3.63) is 95.2 Å². The number of furan rings is 1. The fourth-order valence-electron chi connectivity index (χ4n) is 4.42. The molecule has 5 aromatic rings. The van der Waals surface area contributed by atoms with Gasteiger partial charge in [0.1, 0.15) is 16.2 Å². The molecule has 0 bridgehead atoms. The van der Waals surface area contributed by atoms with Crippen LogP contribution in [0.5, 0.6) is 0 Å². The summed E-state index contributed by atoms with van der Waals surface area (Å²) >= 11 is 13.3. The van der Waals surface area contributed by atoms with Crippen LogP contribution in [0, 0.1) is 0 Å². The van der Waals surface area contributed by atoms with E-state index in [9.17, 15) is 0 Å². The Morgan fingerprint density at radius 2 is 1.35 bits per heavy atom. The second kappa shape index (κ2) is 8.08. The first kappa shape index (κ1) is 21.1. The van der Waals surface area contributed by atoms with Crippen molar-refractivity contribution in [3.63, 3.8) is 0 Å². The number of alkyl halides is 1. The molecule has 6 heteroatoms. The summed E-state index contributed by atoms with van der Waals surface area (Å²) in [6.07, 6.45) is 2.45. The molecule has 0 saturated heterocycles. The van der Waals surface area contributed by atoms with E-state index in [4.69, 9.17) is 42.6 Å². The van der Waals surface area contributed by atoms with E-state index in [0.29, 0.717) is 34.7 Å². The molecule has 166 valence electrons. The monoisotopic (exact) mass is 483 g/mol. The van der Waals surface area contributed by atoms with Gasteiger partial charge < -0.3 is 4.42 Å². The minimum atomic E-state index is -0.721. The second-order valence-electron chi connectivity index (χ2n) is 8.53. The van der Waals surface area contributed by atoms with Crippen molar-refractivity contribution in [2.45, 2.75) is 18.2 Å². The highest BCUT2D eigenvalue weighted by Crippen LogP contribution is 2.48. The molecule has 2 heterocycles. The summed E-state index contributed by atoms with van der Waals surface area (Å²) in [6.45, 7) is 1.93. The average Bonchev–Trinajstić information content (AvgIpc) is 3.24. The van der Waals surface area contributed by atoms with E-state index >= 15 is 0 Å². The van der Waals surface area contributed by atoms with Crippen molar-refractivity contribution in [3.8, 4) is 34.2 Å². The molecule has 34 heavy (non-hydrogen) atoms. The van der Waals surface area contributed by atoms with Gasteiger partial charge in [0.05, 0.1) is 0 Å². The fourth-order valence-corrected chi connectivity index (χ4v) is 5.15. The number of hydrogen-bond donors (Lipinski definition) is 0. The lowest BCUT2D eigenvalue weighted by Gasteiger charge is -2.23. The number of hydrogen-bond acceptors (Lipinski definition) is 4. The first-order chi connectivity index (χ1) is 16.5. The molecular weight excluding hydrogens is 465 g/mol. The number of aromatic nitrogens is 3. The second-order valence-corrected chi connectivity index (χ2v) is 9.85. The van der Waals surface area contributed by atoms with Gasteiger partial charge in [0.2, 0.25) is 0 Å². The molecule has 6 rings (SSSR count). The maximum absolute atomic E-state index is 6.82. The van der Waals surface area contributed by atoms with E-state index in [1.165, 1.54) is 0 Å². The van der Waals surface area contributed by atoms with Gasteiger partial charge in [-0.15, -0.1) is 11.6 Å². The summed E-state index contributed by atoms with van der Waals surface area (Å²) in [7, 11) is 0. The van der Waals surface area contributed by atoms with Crippen molar-refractivity contribution in [2.24, 2.45) is 0 Å². The lowest BCUT2D eigenvalue weighted by molar-refractivity contribution is 0.470. The number of fused-ring (bicyclic) bond motifs is 3. The molecule has 0 N–H and O–H groups in total. The molecule has 1 aliphatic carbocycles. The van der Waals surface area contributed by atoms with E-state index in [2.05, 4.69) is 0 Å². The Morgan fingerprint density at radius 1 is 0.765 bits per heavy atom. The van der Waals surface area contributed by atoms with E-state index in [-0.39, 0.29) is 0 Å². The Bertz CT molecular complexity index is 1500. The van der Waals surface area contributed by atoms with Gasteiger partial charge in [0.15, 0.2) is 17.5 Å². The van der Waals surface area contributed by atoms with Crippen LogP contribution in [0.4, 0.5) is 0 Å². The van der Waals surface area contributed by atoms with Crippen molar-refractivity contribution in [1.82, 2.24) is 15.0 Å². The third kappa shape index (κ3) is 3.60. The Kier molecular flexibility index (Phi) is 5.01. The number of rotatable bonds is 3. The lowest BCUT2D eigenvalue weighted by atomic mass is 9.91. The topological polar surface area (TPSA) is 51.8 Å². The van der Waals surface area contributed by atoms with Crippen molar-refractivity contribution >= 4 is 40.2 Å². The van der Waals surface area contributed by atoms with Gasteiger partial charge in [-0.2, -0.15) is 0 Å². The van der Waals surface area contributed by atoms with Gasteiger partial charge in [-0.1, -0.05) is 84.4 Å². The molecule has 3 aromatic carbocycles. The highest BCUT2D eigenvalue weighted by molar-refractivity contribution is 6.34. The van der Waals surface area contributed by atoms with E-state index in [0.717, 1.165) is 33.2 Å². The van der Waals surface area contributed by atoms with Crippen LogP contribution in [-0.4, -0.2) is 15.0 Å². The van der Waals surface area contributed by atoms with Crippen molar-refractivity contribution in [2.75, 3.05) is 0 Å². The average molecular weight is 484 g/mol. The molecule has 0 saturated carbocycles. The molecule has 2 aromatic heterocycles. The number of allylic oxidation sites excluding steroid dienone is 1. The fraction of sp³-hybridized carbons (Fsp3) is 0.107. The van der Waals surface area contributed by atoms with Crippen LogP contribution in [0.25, 0.3) is 51.2 Å². The van der Waals surface area contributed by atoms with Crippen LogP contribution in [0.15, 0.2) is 88.3 Å². The minimum Gasteiger partial charge on any atom is -0.459 e. The molecule has 0 spiro atoms. The summed E-state index contributed by atoms with van der Waals surface area (Å²) in [5.41, 5.74) is 4.28. The first-order valence-electron chi connectivity index (χ1n) is 11.0. The molecule has 1 unspecified atom stereocenters. The van der Waals surface area contributed by atoms with Gasteiger partial charge in [0, 0.05) is 39.1 Å². The van der Waals surface area contributed by atoms with Gasteiger partial charge in [-0.3, -0.25) is 0 Å². The standard InChI is InChI=1S/C28H19Cl2N3O/c1-28(30)16-19(29)15-21-23-20(13-8-14-22(23)34-24(21)28)27-32-25(17-9-4-2-5-10-17)31-26(33-27)18-11-6-3-7-12-18/h2-15H,16H2,1H3. The third-order valence-corrected chi connectivity index (χ3v) is 6.52. The Labute approximate surface area is 206 Å². The summed E-state index contributed by atoms with van der Waals surface area (Å²) in [5, 5.41) is 1.58. The van der Waals surface area contributed by atoms with E-state index < -0.39 is 4.87 Å². The molecule has 0 fully saturated rings. The SMILES string of the molecule is CC1(Cl)CC(Cl)=Cc2c1oc1cccc(-c3nc(-c4ccccc4)nc(-c4ccccc4)n3)c21. The van der Waals surface area contributed by atoms with Crippen molar-refractivity contribution < 1.29 is 4.42 Å². The summed E-state index contributed by atoms with van der Waals surface area (Å²) in [6, 6.07) is 25.7. The molecule has 4 nitrogen and oxygen atoms in total. The Morgan fingerprint density at radius 3 is 1.97 bits per heavy atom. The van der Waals surface area contributed by atoms with Crippen LogP contribution in [-0.2, 0) is 4.87 Å². The lowest BCUT2D eigenvalue weighted by Crippen LogP contribution is -2.16. The molecule has 0 radical (unpaired) electrons. The predicted molar refractivity (Wildman–Crippen MR) is 138 cm³/mol. The van der Waals surface area contributed by atoms with Crippen LogP contribution < -0.4 is 0 Å². The van der Waals surface area contributed by atoms with Gasteiger partial charge >= 0.3 is 0 Å². The Balaban J connectivity index is 1.64. The zero-order valence-corrected chi connectivity index (χ0v) is 19.8. The normalized spacial score (nSPS) is 17.4. The minimum absolute atomic E-state index is 0.514. The molecule has 1 aliphatic rings. The van der Waals surface area contributed by atoms with Gasteiger partial charge in [-0.25, -0.2) is 15.0 Å². The van der Waals surface area contributed by atoms with E-state index in [1.807, 2.05) is 91.9 Å². The van der Waals surface area contributed by atoms with Crippen molar-refractivity contribution in [1.29, 1.82) is 0 Å².